The molecule has 0 saturated heterocycles. The van der Waals surface area contributed by atoms with Gasteiger partial charge in [0.2, 0.25) is 0 Å². The lowest BCUT2D eigenvalue weighted by atomic mass is 9.96. The molecule has 1 unspecified atom stereocenters. The summed E-state index contributed by atoms with van der Waals surface area (Å²) in [5, 5.41) is 7.26. The van der Waals surface area contributed by atoms with E-state index in [1.54, 1.807) is 11.0 Å². The number of carbonyl (C=O) groups excluding carboxylic acids is 1. The number of hydrogen-bond donors (Lipinski definition) is 1. The third-order valence-corrected chi connectivity index (χ3v) is 4.75. The Morgan fingerprint density at radius 2 is 1.96 bits per heavy atom. The van der Waals surface area contributed by atoms with Gasteiger partial charge in [-0.3, -0.25) is 9.48 Å². The minimum atomic E-state index is -0.205. The SMILES string of the molecule is O=C(NC(Cn1cncn1)c1ccccc1)c1ccc2c(n1)CCCC2. The van der Waals surface area contributed by atoms with Gasteiger partial charge in [0.1, 0.15) is 18.3 Å². The van der Waals surface area contributed by atoms with Gasteiger partial charge in [0.15, 0.2) is 0 Å². The Morgan fingerprint density at radius 3 is 2.77 bits per heavy atom. The van der Waals surface area contributed by atoms with E-state index in [9.17, 15) is 4.79 Å². The van der Waals surface area contributed by atoms with Crippen molar-refractivity contribution in [2.45, 2.75) is 38.3 Å². The zero-order chi connectivity index (χ0) is 17.8. The molecule has 1 atom stereocenters. The number of aromatic nitrogens is 4. The first-order valence-corrected chi connectivity index (χ1v) is 8.96. The Bertz CT molecular complexity index is 876. The molecule has 2 aromatic heterocycles. The van der Waals surface area contributed by atoms with Crippen molar-refractivity contribution in [3.05, 3.63) is 77.6 Å². The first-order valence-electron chi connectivity index (χ1n) is 8.96. The van der Waals surface area contributed by atoms with Crippen LogP contribution in [-0.4, -0.2) is 25.7 Å². The van der Waals surface area contributed by atoms with Crippen molar-refractivity contribution in [1.29, 1.82) is 0 Å². The van der Waals surface area contributed by atoms with Gasteiger partial charge in [-0.2, -0.15) is 5.10 Å². The van der Waals surface area contributed by atoms with Gasteiger partial charge in [-0.25, -0.2) is 9.97 Å². The van der Waals surface area contributed by atoms with Gasteiger partial charge in [-0.05, 0) is 42.9 Å². The number of nitrogens with one attached hydrogen (secondary N) is 1. The Kier molecular flexibility index (Phi) is 4.73. The maximum Gasteiger partial charge on any atom is 0.270 e. The summed E-state index contributed by atoms with van der Waals surface area (Å²) in [6.45, 7) is 0.515. The quantitative estimate of drug-likeness (QED) is 0.770. The number of benzene rings is 1. The van der Waals surface area contributed by atoms with Crippen LogP contribution in [0.15, 0.2) is 55.1 Å². The highest BCUT2D eigenvalue weighted by atomic mass is 16.1. The molecule has 1 N–H and O–H groups in total. The number of hydrogen-bond acceptors (Lipinski definition) is 4. The van der Waals surface area contributed by atoms with Crippen LogP contribution < -0.4 is 5.32 Å². The maximum absolute atomic E-state index is 12.8. The highest BCUT2D eigenvalue weighted by Crippen LogP contribution is 2.20. The van der Waals surface area contributed by atoms with Crippen molar-refractivity contribution >= 4 is 5.91 Å². The summed E-state index contributed by atoms with van der Waals surface area (Å²) in [5.41, 5.74) is 3.84. The van der Waals surface area contributed by atoms with Gasteiger partial charge in [0, 0.05) is 5.69 Å². The van der Waals surface area contributed by atoms with Crippen LogP contribution in [0.1, 0.15) is 46.2 Å². The summed E-state index contributed by atoms with van der Waals surface area (Å²) in [7, 11) is 0. The lowest BCUT2D eigenvalue weighted by molar-refractivity contribution is 0.0926. The van der Waals surface area contributed by atoms with Gasteiger partial charge < -0.3 is 5.32 Å². The van der Waals surface area contributed by atoms with E-state index in [1.165, 1.54) is 18.3 Å². The number of carbonyl (C=O) groups is 1. The predicted molar refractivity (Wildman–Crippen MR) is 97.6 cm³/mol. The molecule has 0 fully saturated rings. The molecule has 1 aliphatic rings. The highest BCUT2D eigenvalue weighted by Gasteiger charge is 2.19. The van der Waals surface area contributed by atoms with Crippen LogP contribution in [0.2, 0.25) is 0 Å². The number of pyridine rings is 1. The molecule has 0 bridgehead atoms. The monoisotopic (exact) mass is 347 g/mol. The number of rotatable bonds is 5. The van der Waals surface area contributed by atoms with Gasteiger partial charge in [0.05, 0.1) is 12.6 Å². The second-order valence-corrected chi connectivity index (χ2v) is 6.56. The molecule has 0 saturated carbocycles. The second kappa shape index (κ2) is 7.47. The van der Waals surface area contributed by atoms with Crippen molar-refractivity contribution in [2.24, 2.45) is 0 Å². The zero-order valence-corrected chi connectivity index (χ0v) is 14.5. The van der Waals surface area contributed by atoms with Crippen LogP contribution in [0.5, 0.6) is 0 Å². The molecule has 2 heterocycles. The molecule has 0 radical (unpaired) electrons. The van der Waals surface area contributed by atoms with Gasteiger partial charge in [0.25, 0.3) is 5.91 Å². The maximum atomic E-state index is 12.8. The van der Waals surface area contributed by atoms with E-state index in [-0.39, 0.29) is 11.9 Å². The van der Waals surface area contributed by atoms with Crippen LogP contribution >= 0.6 is 0 Å². The van der Waals surface area contributed by atoms with Crippen LogP contribution in [0.3, 0.4) is 0 Å². The summed E-state index contributed by atoms with van der Waals surface area (Å²) in [6.07, 6.45) is 7.51. The van der Waals surface area contributed by atoms with Crippen molar-refractivity contribution in [3.8, 4) is 0 Å². The van der Waals surface area contributed by atoms with E-state index in [0.717, 1.165) is 30.5 Å². The molecule has 6 heteroatoms. The molecule has 6 nitrogen and oxygen atoms in total. The largest absolute Gasteiger partial charge is 0.342 e. The molecule has 132 valence electrons. The molecular weight excluding hydrogens is 326 g/mol. The molecule has 1 amide bonds. The first-order chi connectivity index (χ1) is 12.8. The van der Waals surface area contributed by atoms with Crippen molar-refractivity contribution in [2.75, 3.05) is 0 Å². The van der Waals surface area contributed by atoms with Crippen LogP contribution in [0, 0.1) is 0 Å². The Labute approximate surface area is 152 Å². The normalized spacial score (nSPS) is 14.5. The Balaban J connectivity index is 1.56. The second-order valence-electron chi connectivity index (χ2n) is 6.56. The minimum Gasteiger partial charge on any atom is -0.342 e. The molecule has 3 aromatic rings. The van der Waals surface area contributed by atoms with E-state index < -0.39 is 0 Å². The lowest BCUT2D eigenvalue weighted by Crippen LogP contribution is -2.32. The molecule has 4 rings (SSSR count). The van der Waals surface area contributed by atoms with Gasteiger partial charge in [-0.1, -0.05) is 36.4 Å². The standard InChI is InChI=1S/C20H21N5O/c26-20(18-11-10-16-8-4-5-9-17(16)23-18)24-19(12-25-14-21-13-22-25)15-6-2-1-3-7-15/h1-3,6-7,10-11,13-14,19H,4-5,8-9,12H2,(H,24,26). The van der Waals surface area contributed by atoms with Crippen molar-refractivity contribution < 1.29 is 4.79 Å². The molecule has 0 aliphatic heterocycles. The lowest BCUT2D eigenvalue weighted by Gasteiger charge is -2.20. The highest BCUT2D eigenvalue weighted by molar-refractivity contribution is 5.92. The predicted octanol–water partition coefficient (Wildman–Crippen LogP) is 2.72. The topological polar surface area (TPSA) is 72.7 Å². The molecule has 1 aliphatic carbocycles. The third kappa shape index (κ3) is 3.64. The fourth-order valence-corrected chi connectivity index (χ4v) is 3.37. The number of amides is 1. The summed E-state index contributed by atoms with van der Waals surface area (Å²) in [6, 6.07) is 13.6. The van der Waals surface area contributed by atoms with E-state index >= 15 is 0 Å². The summed E-state index contributed by atoms with van der Waals surface area (Å²) >= 11 is 0. The molecule has 1 aromatic carbocycles. The van der Waals surface area contributed by atoms with E-state index in [1.807, 2.05) is 42.5 Å². The molecule has 26 heavy (non-hydrogen) atoms. The van der Waals surface area contributed by atoms with Crippen LogP contribution in [0.25, 0.3) is 0 Å². The van der Waals surface area contributed by atoms with Crippen molar-refractivity contribution in [1.82, 2.24) is 25.1 Å². The smallest absolute Gasteiger partial charge is 0.270 e. The Hall–Kier alpha value is -3.02. The van der Waals surface area contributed by atoms with E-state index in [4.69, 9.17) is 0 Å². The summed E-state index contributed by atoms with van der Waals surface area (Å²) < 4.78 is 1.72. The van der Waals surface area contributed by atoms with Crippen LogP contribution in [0.4, 0.5) is 0 Å². The van der Waals surface area contributed by atoms with E-state index in [2.05, 4.69) is 20.4 Å². The fourth-order valence-electron chi connectivity index (χ4n) is 3.37. The Morgan fingerprint density at radius 1 is 1.12 bits per heavy atom. The average Bonchev–Trinajstić information content (AvgIpc) is 3.21. The summed E-state index contributed by atoms with van der Waals surface area (Å²) in [5.74, 6) is -0.160. The average molecular weight is 347 g/mol. The van der Waals surface area contributed by atoms with E-state index in [0.29, 0.717) is 12.2 Å². The minimum absolute atomic E-state index is 0.160. The zero-order valence-electron chi connectivity index (χ0n) is 14.5. The van der Waals surface area contributed by atoms with Gasteiger partial charge >= 0.3 is 0 Å². The third-order valence-electron chi connectivity index (χ3n) is 4.75. The summed E-state index contributed by atoms with van der Waals surface area (Å²) in [4.78, 5) is 21.4. The van der Waals surface area contributed by atoms with Crippen LogP contribution in [-0.2, 0) is 19.4 Å². The van der Waals surface area contributed by atoms with Gasteiger partial charge in [-0.15, -0.1) is 0 Å². The van der Waals surface area contributed by atoms with Crippen molar-refractivity contribution in [3.63, 3.8) is 0 Å². The molecule has 0 spiro atoms. The molecular formula is C20H21N5O. The number of fused-ring (bicyclic) bond motifs is 1. The number of aryl methyl sites for hydroxylation is 2. The first kappa shape index (κ1) is 16.4. The number of nitrogens with zero attached hydrogens (tertiary/aromatic N) is 4. The fraction of sp³-hybridized carbons (Fsp3) is 0.300.